The molecule has 0 aliphatic heterocycles. The minimum Gasteiger partial charge on any atom is -0.507 e. The van der Waals surface area contributed by atoms with Gasteiger partial charge >= 0.3 is 0 Å². The molecule has 5 N–H and O–H groups in total. The number of carbonyl (C=O) groups is 1. The lowest BCUT2D eigenvalue weighted by molar-refractivity contribution is 0.0992. The number of nitrogens with two attached hydrogens (primary N) is 1. The van der Waals surface area contributed by atoms with E-state index in [2.05, 4.69) is 5.32 Å². The van der Waals surface area contributed by atoms with Gasteiger partial charge in [0.05, 0.1) is 11.3 Å². The molecule has 1 amide bonds. The van der Waals surface area contributed by atoms with Crippen LogP contribution in [0.5, 0.6) is 17.2 Å². The number of aliphatic hydroxyl groups excluding tert-OH is 1. The number of hydrogen-bond acceptors (Lipinski definition) is 7. The van der Waals surface area contributed by atoms with Gasteiger partial charge in [0, 0.05) is 32.6 Å². The zero-order valence-electron chi connectivity index (χ0n) is 22.2. The Morgan fingerprint density at radius 1 is 0.950 bits per heavy atom. The second-order valence-corrected chi connectivity index (χ2v) is 9.43. The van der Waals surface area contributed by atoms with Crippen molar-refractivity contribution in [2.45, 2.75) is 18.6 Å². The number of aliphatic hydroxyl groups is 1. The highest BCUT2D eigenvalue weighted by molar-refractivity contribution is 5.95. The van der Waals surface area contributed by atoms with Gasteiger partial charge in [0.2, 0.25) is 0 Å². The van der Waals surface area contributed by atoms with Gasteiger partial charge in [-0.05, 0) is 59.7 Å². The average molecular weight is 544 g/mol. The number of ether oxygens (including phenoxy) is 2. The molecule has 0 fully saturated rings. The summed E-state index contributed by atoms with van der Waals surface area (Å²) in [5.41, 5.74) is 8.00. The van der Waals surface area contributed by atoms with Crippen LogP contribution in [0.1, 0.15) is 15.9 Å². The predicted octanol–water partition coefficient (Wildman–Crippen LogP) is 2.88. The molecule has 0 bridgehead atoms. The van der Waals surface area contributed by atoms with Gasteiger partial charge in [0.1, 0.15) is 36.1 Å². The fourth-order valence-electron chi connectivity index (χ4n) is 4.25. The lowest BCUT2D eigenvalue weighted by Crippen LogP contribution is -2.38. The minimum absolute atomic E-state index is 0.0164. The van der Waals surface area contributed by atoms with E-state index < -0.39 is 12.0 Å². The first-order chi connectivity index (χ1) is 19.3. The third kappa shape index (κ3) is 7.72. The number of amides is 1. The van der Waals surface area contributed by atoms with Crippen molar-refractivity contribution in [1.82, 2.24) is 9.88 Å². The summed E-state index contributed by atoms with van der Waals surface area (Å²) in [6, 6.07) is 26.6. The molecule has 0 aliphatic carbocycles. The summed E-state index contributed by atoms with van der Waals surface area (Å²) < 4.78 is 13.5. The van der Waals surface area contributed by atoms with Crippen LogP contribution >= 0.6 is 0 Å². The van der Waals surface area contributed by atoms with E-state index in [1.54, 1.807) is 35.9 Å². The summed E-state index contributed by atoms with van der Waals surface area (Å²) in [5, 5.41) is 23.6. The molecule has 3 aromatic carbocycles. The normalized spacial score (nSPS) is 12.4. The van der Waals surface area contributed by atoms with Crippen LogP contribution < -0.4 is 26.1 Å². The lowest BCUT2D eigenvalue weighted by Gasteiger charge is -2.21. The van der Waals surface area contributed by atoms with E-state index in [9.17, 15) is 19.8 Å². The molecular formula is C31H33N3O6. The highest BCUT2D eigenvalue weighted by atomic mass is 16.5. The number of aromatic nitrogens is 1. The fourth-order valence-corrected chi connectivity index (χ4v) is 4.25. The third-order valence-corrected chi connectivity index (χ3v) is 6.37. The molecule has 4 rings (SSSR count). The van der Waals surface area contributed by atoms with Crippen molar-refractivity contribution in [3.05, 3.63) is 112 Å². The topological polar surface area (TPSA) is 136 Å². The number of rotatable bonds is 13. The largest absolute Gasteiger partial charge is 0.507 e. The van der Waals surface area contributed by atoms with Gasteiger partial charge in [-0.25, -0.2) is 0 Å². The number of pyridine rings is 1. The summed E-state index contributed by atoms with van der Waals surface area (Å²) in [6.45, 7) is 0.754. The number of phenols is 1. The van der Waals surface area contributed by atoms with Crippen LogP contribution in [-0.2, 0) is 13.5 Å². The number of aromatic hydroxyl groups is 1. The minimum atomic E-state index is -0.776. The fraction of sp³-hybridized carbons (Fsp3) is 0.226. The van der Waals surface area contributed by atoms with Crippen LogP contribution in [0, 0.1) is 0 Å². The molecule has 4 aromatic rings. The maximum atomic E-state index is 11.9. The van der Waals surface area contributed by atoms with Crippen LogP contribution in [0.25, 0.3) is 11.3 Å². The third-order valence-electron chi connectivity index (χ3n) is 6.37. The van der Waals surface area contributed by atoms with Crippen LogP contribution in [0.2, 0.25) is 0 Å². The van der Waals surface area contributed by atoms with E-state index in [1.807, 2.05) is 48.5 Å². The Bertz CT molecular complexity index is 1470. The molecule has 0 spiro atoms. The standard InChI is InChI=1S/C31H33N3O6/c1-34-28(8-5-9-30(34)37)22-10-12-24(13-11-22)39-20-23(35)18-33-19-26(16-21-6-3-2-4-7-21)40-25-14-15-29(36)27(17-25)31(32)38/h2-15,17,23,26,33,35-36H,16,18-20H2,1H3,(H2,32,38). The van der Waals surface area contributed by atoms with Crippen molar-refractivity contribution in [1.29, 1.82) is 0 Å². The molecule has 0 radical (unpaired) electrons. The van der Waals surface area contributed by atoms with E-state index in [-0.39, 0.29) is 36.1 Å². The van der Waals surface area contributed by atoms with Crippen LogP contribution in [0.4, 0.5) is 0 Å². The average Bonchev–Trinajstić information content (AvgIpc) is 2.95. The van der Waals surface area contributed by atoms with Crippen molar-refractivity contribution < 1.29 is 24.5 Å². The molecule has 0 saturated carbocycles. The number of carbonyl (C=O) groups excluding carboxylic acids is 1. The molecule has 208 valence electrons. The highest BCUT2D eigenvalue weighted by Gasteiger charge is 2.16. The number of nitrogens with one attached hydrogen (secondary N) is 1. The Balaban J connectivity index is 1.31. The van der Waals surface area contributed by atoms with Crippen LogP contribution in [0.15, 0.2) is 95.8 Å². The van der Waals surface area contributed by atoms with Gasteiger partial charge in [0.15, 0.2) is 0 Å². The van der Waals surface area contributed by atoms with Gasteiger partial charge in [-0.2, -0.15) is 0 Å². The molecule has 40 heavy (non-hydrogen) atoms. The van der Waals surface area contributed by atoms with Gasteiger partial charge in [-0.15, -0.1) is 0 Å². The molecule has 2 atom stereocenters. The van der Waals surface area contributed by atoms with E-state index in [4.69, 9.17) is 15.2 Å². The van der Waals surface area contributed by atoms with Gasteiger partial charge in [0.25, 0.3) is 11.5 Å². The van der Waals surface area contributed by atoms with E-state index in [1.165, 1.54) is 18.2 Å². The summed E-state index contributed by atoms with van der Waals surface area (Å²) in [5.74, 6) is 0.0500. The number of hydrogen-bond donors (Lipinski definition) is 4. The first kappa shape index (κ1) is 28.4. The number of nitrogens with zero attached hydrogens (tertiary/aromatic N) is 1. The summed E-state index contributed by atoms with van der Waals surface area (Å²) in [6.07, 6.45) is -0.531. The number of primary amides is 1. The zero-order chi connectivity index (χ0) is 28.5. The molecule has 2 unspecified atom stereocenters. The quantitative estimate of drug-likeness (QED) is 0.204. The molecule has 9 nitrogen and oxygen atoms in total. The molecule has 0 aliphatic rings. The molecular weight excluding hydrogens is 510 g/mol. The first-order valence-corrected chi connectivity index (χ1v) is 12.9. The Morgan fingerprint density at radius 3 is 2.40 bits per heavy atom. The van der Waals surface area contributed by atoms with Crippen molar-refractivity contribution in [2.24, 2.45) is 12.8 Å². The van der Waals surface area contributed by atoms with Crippen molar-refractivity contribution >= 4 is 5.91 Å². The van der Waals surface area contributed by atoms with Gasteiger partial charge in [-0.3, -0.25) is 9.59 Å². The first-order valence-electron chi connectivity index (χ1n) is 12.9. The number of benzene rings is 3. The summed E-state index contributed by atoms with van der Waals surface area (Å²) >= 11 is 0. The Morgan fingerprint density at radius 2 is 1.68 bits per heavy atom. The Hall–Kier alpha value is -4.60. The smallest absolute Gasteiger partial charge is 0.252 e. The molecule has 0 saturated heterocycles. The summed E-state index contributed by atoms with van der Waals surface area (Å²) in [7, 11) is 1.73. The van der Waals surface area contributed by atoms with E-state index in [0.29, 0.717) is 24.5 Å². The maximum absolute atomic E-state index is 11.9. The van der Waals surface area contributed by atoms with Crippen molar-refractivity contribution in [2.75, 3.05) is 19.7 Å². The van der Waals surface area contributed by atoms with Gasteiger partial charge in [-0.1, -0.05) is 36.4 Å². The summed E-state index contributed by atoms with van der Waals surface area (Å²) in [4.78, 5) is 23.5. The maximum Gasteiger partial charge on any atom is 0.252 e. The second kappa shape index (κ2) is 13.5. The van der Waals surface area contributed by atoms with Crippen LogP contribution in [0.3, 0.4) is 0 Å². The Kier molecular flexibility index (Phi) is 9.56. The highest BCUT2D eigenvalue weighted by Crippen LogP contribution is 2.24. The van der Waals surface area contributed by atoms with Crippen molar-refractivity contribution in [3.8, 4) is 28.5 Å². The molecule has 1 aromatic heterocycles. The monoisotopic (exact) mass is 543 g/mol. The zero-order valence-corrected chi connectivity index (χ0v) is 22.2. The SMILES string of the molecule is Cn1c(-c2ccc(OCC(O)CNCC(Cc3ccccc3)Oc3ccc(O)c(C(N)=O)c3)cc2)cccc1=O. The van der Waals surface area contributed by atoms with Crippen LogP contribution in [-0.4, -0.2) is 52.6 Å². The van der Waals surface area contributed by atoms with Crippen molar-refractivity contribution in [3.63, 3.8) is 0 Å². The predicted molar refractivity (Wildman–Crippen MR) is 153 cm³/mol. The van der Waals surface area contributed by atoms with Gasteiger partial charge < -0.3 is 35.3 Å². The van der Waals surface area contributed by atoms with E-state index >= 15 is 0 Å². The second-order valence-electron chi connectivity index (χ2n) is 9.43. The lowest BCUT2D eigenvalue weighted by atomic mass is 10.1. The van der Waals surface area contributed by atoms with E-state index in [0.717, 1.165) is 16.8 Å². The molecule has 9 heteroatoms. The Labute approximate surface area is 232 Å². The molecule has 1 heterocycles.